The average Bonchev–Trinajstić information content (AvgIpc) is 3.02. The van der Waals surface area contributed by atoms with Crippen LogP contribution in [0.15, 0.2) is 24.3 Å². The molecule has 142 valence electrons. The third kappa shape index (κ3) is 4.83. The molecule has 5 nitrogen and oxygen atoms in total. The third-order valence-corrected chi connectivity index (χ3v) is 4.95. The molecule has 2 fully saturated rings. The number of hydrogen-bond acceptors (Lipinski definition) is 4. The van der Waals surface area contributed by atoms with Gasteiger partial charge in [0.25, 0.3) is 0 Å². The van der Waals surface area contributed by atoms with Crippen LogP contribution in [-0.4, -0.2) is 55.2 Å². The fraction of sp³-hybridized carbons (Fsp3) is 0.556. The van der Waals surface area contributed by atoms with Crippen LogP contribution in [0.25, 0.3) is 0 Å². The van der Waals surface area contributed by atoms with E-state index in [1.807, 2.05) is 6.07 Å². The maximum absolute atomic E-state index is 13.4. The summed E-state index contributed by atoms with van der Waals surface area (Å²) in [5, 5.41) is 12.2. The van der Waals surface area contributed by atoms with E-state index in [0.29, 0.717) is 0 Å². The normalized spacial score (nSPS) is 23.4. The summed E-state index contributed by atoms with van der Waals surface area (Å²) in [6, 6.07) is 8.02. The van der Waals surface area contributed by atoms with Crippen molar-refractivity contribution in [1.82, 2.24) is 10.2 Å². The smallest absolute Gasteiger partial charge is 0.237 e. The predicted molar refractivity (Wildman–Crippen MR) is 97.5 cm³/mol. The molecule has 0 bridgehead atoms. The number of carbonyl (C=O) groups excluding carboxylic acids is 1. The van der Waals surface area contributed by atoms with Gasteiger partial charge in [-0.05, 0) is 37.1 Å². The van der Waals surface area contributed by atoms with E-state index in [4.69, 9.17) is 5.26 Å². The minimum atomic E-state index is -1.10. The lowest BCUT2D eigenvalue weighted by Gasteiger charge is -2.34. The van der Waals surface area contributed by atoms with Gasteiger partial charge in [0.05, 0.1) is 19.2 Å². The van der Waals surface area contributed by atoms with Crippen molar-refractivity contribution >= 4 is 24.0 Å². The standard InChI is InChI=1S/C18H22F2N4O.ClH/c19-13-1-3-16(4-2-13)23-7-5-15(6-8-23)22-11-18(25)24-12-14(20)9-17(24)10-21;/h1-4,14-15,17,22H,5-9,11-12H2;1H/t14-,17-;/m0./s1. The van der Waals surface area contributed by atoms with Crippen molar-refractivity contribution in [2.75, 3.05) is 31.1 Å². The number of nitrogens with zero attached hydrogens (tertiary/aromatic N) is 3. The van der Waals surface area contributed by atoms with Crippen molar-refractivity contribution in [3.05, 3.63) is 30.1 Å². The fourth-order valence-electron chi connectivity index (χ4n) is 3.51. The quantitative estimate of drug-likeness (QED) is 0.865. The second kappa shape index (κ2) is 9.15. The van der Waals surface area contributed by atoms with Gasteiger partial charge in [-0.1, -0.05) is 0 Å². The number of amides is 1. The summed E-state index contributed by atoms with van der Waals surface area (Å²) in [5.41, 5.74) is 0.999. The highest BCUT2D eigenvalue weighted by Crippen LogP contribution is 2.21. The number of rotatable bonds is 4. The number of carbonyl (C=O) groups is 1. The van der Waals surface area contributed by atoms with Crippen LogP contribution in [0.3, 0.4) is 0 Å². The largest absolute Gasteiger partial charge is 0.371 e. The van der Waals surface area contributed by atoms with Crippen molar-refractivity contribution in [2.45, 2.75) is 37.5 Å². The van der Waals surface area contributed by atoms with Crippen LogP contribution in [0.1, 0.15) is 19.3 Å². The van der Waals surface area contributed by atoms with E-state index >= 15 is 0 Å². The first-order valence-corrected chi connectivity index (χ1v) is 8.64. The Kier molecular flexibility index (Phi) is 7.18. The van der Waals surface area contributed by atoms with Gasteiger partial charge in [-0.2, -0.15) is 5.26 Å². The molecular weight excluding hydrogens is 362 g/mol. The van der Waals surface area contributed by atoms with Crippen molar-refractivity contribution < 1.29 is 13.6 Å². The third-order valence-electron chi connectivity index (χ3n) is 4.95. The molecule has 2 aliphatic heterocycles. The molecule has 1 N–H and O–H groups in total. The van der Waals surface area contributed by atoms with Crippen LogP contribution in [-0.2, 0) is 4.79 Å². The summed E-state index contributed by atoms with van der Waals surface area (Å²) < 4.78 is 26.4. The van der Waals surface area contributed by atoms with E-state index in [1.165, 1.54) is 17.0 Å². The Hall–Kier alpha value is -1.91. The highest BCUT2D eigenvalue weighted by atomic mass is 35.5. The first-order valence-electron chi connectivity index (χ1n) is 8.64. The average molecular weight is 385 g/mol. The van der Waals surface area contributed by atoms with Crippen molar-refractivity contribution in [1.29, 1.82) is 5.26 Å². The summed E-state index contributed by atoms with van der Waals surface area (Å²) in [7, 11) is 0. The zero-order chi connectivity index (χ0) is 17.8. The van der Waals surface area contributed by atoms with Gasteiger partial charge in [-0.15, -0.1) is 12.4 Å². The first-order chi connectivity index (χ1) is 12.1. The Labute approximate surface area is 158 Å². The van der Waals surface area contributed by atoms with Crippen molar-refractivity contribution in [3.63, 3.8) is 0 Å². The number of nitriles is 1. The molecule has 0 unspecified atom stereocenters. The first kappa shape index (κ1) is 20.4. The van der Waals surface area contributed by atoms with Crippen LogP contribution < -0.4 is 10.2 Å². The molecular formula is C18H23ClF2N4O. The van der Waals surface area contributed by atoms with Crippen LogP contribution >= 0.6 is 12.4 Å². The molecule has 2 atom stereocenters. The van der Waals surface area contributed by atoms with E-state index < -0.39 is 12.2 Å². The molecule has 0 spiro atoms. The lowest BCUT2D eigenvalue weighted by molar-refractivity contribution is -0.130. The van der Waals surface area contributed by atoms with Gasteiger partial charge in [0.15, 0.2) is 0 Å². The summed E-state index contributed by atoms with van der Waals surface area (Å²) in [6.45, 7) is 1.80. The molecule has 3 rings (SSSR count). The van der Waals surface area contributed by atoms with E-state index in [0.717, 1.165) is 31.6 Å². The maximum atomic E-state index is 13.4. The molecule has 0 aliphatic carbocycles. The number of piperidine rings is 1. The Morgan fingerprint density at radius 1 is 1.27 bits per heavy atom. The topological polar surface area (TPSA) is 59.4 Å². The van der Waals surface area contributed by atoms with Crippen molar-refractivity contribution in [3.8, 4) is 6.07 Å². The number of anilines is 1. The number of alkyl halides is 1. The zero-order valence-corrected chi connectivity index (χ0v) is 15.2. The Morgan fingerprint density at radius 3 is 2.54 bits per heavy atom. The molecule has 1 aromatic rings. The van der Waals surface area contributed by atoms with E-state index in [1.54, 1.807) is 12.1 Å². The second-order valence-corrected chi connectivity index (χ2v) is 6.64. The summed E-state index contributed by atoms with van der Waals surface area (Å²) in [4.78, 5) is 15.8. The van der Waals surface area contributed by atoms with Gasteiger partial charge in [0.1, 0.15) is 18.0 Å². The lowest BCUT2D eigenvalue weighted by atomic mass is 10.0. The van der Waals surface area contributed by atoms with E-state index in [-0.39, 0.29) is 49.7 Å². The Morgan fingerprint density at radius 2 is 1.92 bits per heavy atom. The van der Waals surface area contributed by atoms with Crippen LogP contribution in [0.2, 0.25) is 0 Å². The zero-order valence-electron chi connectivity index (χ0n) is 14.4. The van der Waals surface area contributed by atoms with Gasteiger partial charge in [0, 0.05) is 31.2 Å². The molecule has 2 aliphatic rings. The highest BCUT2D eigenvalue weighted by Gasteiger charge is 2.35. The van der Waals surface area contributed by atoms with Crippen molar-refractivity contribution in [2.24, 2.45) is 0 Å². The molecule has 2 heterocycles. The van der Waals surface area contributed by atoms with Gasteiger partial charge < -0.3 is 15.1 Å². The molecule has 1 amide bonds. The molecule has 0 radical (unpaired) electrons. The maximum Gasteiger partial charge on any atom is 0.237 e. The monoisotopic (exact) mass is 384 g/mol. The fourth-order valence-corrected chi connectivity index (χ4v) is 3.51. The number of benzene rings is 1. The molecule has 0 aromatic heterocycles. The summed E-state index contributed by atoms with van der Waals surface area (Å²) >= 11 is 0. The molecule has 26 heavy (non-hydrogen) atoms. The SMILES string of the molecule is Cl.N#C[C@@H]1C[C@H](F)CN1C(=O)CNC1CCN(c2ccc(F)cc2)CC1. The number of halogens is 3. The Balaban J connectivity index is 0.00000243. The minimum absolute atomic E-state index is 0. The molecule has 0 saturated carbocycles. The number of hydrogen-bond donors (Lipinski definition) is 1. The second-order valence-electron chi connectivity index (χ2n) is 6.64. The van der Waals surface area contributed by atoms with Crippen LogP contribution in [0.5, 0.6) is 0 Å². The lowest BCUT2D eigenvalue weighted by Crippen LogP contribution is -2.47. The van der Waals surface area contributed by atoms with Gasteiger partial charge in [-0.25, -0.2) is 8.78 Å². The number of likely N-dealkylation sites (tertiary alicyclic amines) is 1. The van der Waals surface area contributed by atoms with Gasteiger partial charge in [0.2, 0.25) is 5.91 Å². The Bertz CT molecular complexity index is 644. The minimum Gasteiger partial charge on any atom is -0.371 e. The van der Waals surface area contributed by atoms with Gasteiger partial charge in [-0.3, -0.25) is 4.79 Å². The summed E-state index contributed by atoms with van der Waals surface area (Å²) in [5.74, 6) is -0.459. The van der Waals surface area contributed by atoms with Gasteiger partial charge >= 0.3 is 0 Å². The molecule has 8 heteroatoms. The van der Waals surface area contributed by atoms with E-state index in [9.17, 15) is 13.6 Å². The van der Waals surface area contributed by atoms with Crippen LogP contribution in [0, 0.1) is 17.1 Å². The number of nitrogens with one attached hydrogen (secondary N) is 1. The molecule has 1 aromatic carbocycles. The molecule has 2 saturated heterocycles. The van der Waals surface area contributed by atoms with Crippen LogP contribution in [0.4, 0.5) is 14.5 Å². The predicted octanol–water partition coefficient (Wildman–Crippen LogP) is 2.27. The highest BCUT2D eigenvalue weighted by molar-refractivity contribution is 5.85. The summed E-state index contributed by atoms with van der Waals surface area (Å²) in [6.07, 6.45) is 0.751. The van der Waals surface area contributed by atoms with E-state index in [2.05, 4.69) is 10.2 Å².